The molecule has 0 aliphatic carbocycles. The maximum atomic E-state index is 11.6. The zero-order valence-electron chi connectivity index (χ0n) is 17.6. The Labute approximate surface area is 181 Å². The number of hydrogen-bond acceptors (Lipinski definition) is 5. The van der Waals surface area contributed by atoms with Gasteiger partial charge in [0.25, 0.3) is 0 Å². The first kappa shape index (κ1) is 20.9. The second-order valence-electron chi connectivity index (χ2n) is 7.50. The Morgan fingerprint density at radius 1 is 0.871 bits per heavy atom. The topological polar surface area (TPSA) is 72.7 Å². The van der Waals surface area contributed by atoms with Gasteiger partial charge in [0.05, 0.1) is 11.2 Å². The van der Waals surface area contributed by atoms with Crippen LogP contribution in [0.15, 0.2) is 82.0 Å². The molecule has 160 valence electrons. The van der Waals surface area contributed by atoms with Crippen molar-refractivity contribution >= 4 is 16.8 Å². The van der Waals surface area contributed by atoms with Gasteiger partial charge in [0.1, 0.15) is 0 Å². The molecule has 0 bridgehead atoms. The van der Waals surface area contributed by atoms with E-state index in [1.54, 1.807) is 0 Å². The maximum Gasteiger partial charge on any atom is 0.417 e. The Hall–Kier alpha value is -3.35. The van der Waals surface area contributed by atoms with Crippen LogP contribution in [0.4, 0.5) is 5.69 Å². The molecule has 6 heteroatoms. The van der Waals surface area contributed by atoms with E-state index in [2.05, 4.69) is 63.3 Å². The summed E-state index contributed by atoms with van der Waals surface area (Å²) in [6, 6.07) is 25.2. The molecule has 6 nitrogen and oxygen atoms in total. The number of rotatable bonds is 4. The highest BCUT2D eigenvalue weighted by molar-refractivity contribution is 5.86. The molecule has 0 saturated carbocycles. The Bertz CT molecular complexity index is 1180. The van der Waals surface area contributed by atoms with Crippen LogP contribution in [0.3, 0.4) is 0 Å². The minimum atomic E-state index is -0.399. The van der Waals surface area contributed by atoms with Crippen LogP contribution in [-0.4, -0.2) is 48.3 Å². The average molecular weight is 418 g/mol. The minimum absolute atomic E-state index is 0.399. The molecule has 31 heavy (non-hydrogen) atoms. The Kier molecular flexibility index (Phi) is 6.50. The van der Waals surface area contributed by atoms with Gasteiger partial charge in [-0.25, -0.2) is 4.79 Å². The molecule has 1 aliphatic rings. The number of nitrogens with zero attached hydrogens (tertiary/aromatic N) is 2. The molecule has 1 aromatic heterocycles. The first-order chi connectivity index (χ1) is 15.3. The molecule has 1 saturated heterocycles. The average Bonchev–Trinajstić information content (AvgIpc) is 3.22. The van der Waals surface area contributed by atoms with E-state index in [1.165, 1.54) is 16.7 Å². The number of aliphatic hydroxyl groups excluding tert-OH is 1. The van der Waals surface area contributed by atoms with Crippen LogP contribution < -0.4 is 10.7 Å². The zero-order valence-corrected chi connectivity index (χ0v) is 17.6. The molecular weight excluding hydrogens is 390 g/mol. The lowest BCUT2D eigenvalue weighted by atomic mass is 10.0. The Morgan fingerprint density at radius 3 is 2.35 bits per heavy atom. The summed E-state index contributed by atoms with van der Waals surface area (Å²) in [5.41, 5.74) is 6.25. The summed E-state index contributed by atoms with van der Waals surface area (Å²) in [7, 11) is 1.00. The van der Waals surface area contributed by atoms with Gasteiger partial charge < -0.3 is 14.4 Å². The fourth-order valence-corrected chi connectivity index (χ4v) is 4.09. The molecule has 0 radical (unpaired) electrons. The summed E-state index contributed by atoms with van der Waals surface area (Å²) in [6.07, 6.45) is 0. The van der Waals surface area contributed by atoms with Crippen molar-refractivity contribution in [1.29, 1.82) is 0 Å². The van der Waals surface area contributed by atoms with Gasteiger partial charge in [-0.2, -0.15) is 0 Å². The number of benzene rings is 3. The lowest BCUT2D eigenvalue weighted by molar-refractivity contribution is 0.250. The van der Waals surface area contributed by atoms with Crippen LogP contribution in [-0.2, 0) is 6.54 Å². The standard InChI is InChI=1S/C24H23N3O2.CH4O/c28-24-25-21-10-5-11-22(23(21)29-24)27-14-12-26(13-15-27)17-18-6-4-9-20(16-18)19-7-2-1-3-8-19;1-2/h1-11,16H,12-15,17H2,(H,25,28);2H,1H3. The molecule has 0 spiro atoms. The SMILES string of the molecule is CO.O=c1[nH]c2cccc(N3CCN(Cc4cccc(-c5ccccc5)c4)CC3)c2o1. The smallest absolute Gasteiger partial charge is 0.406 e. The molecule has 0 amide bonds. The van der Waals surface area contributed by atoms with Gasteiger partial charge in [-0.1, -0.05) is 54.6 Å². The molecule has 4 aromatic rings. The van der Waals surface area contributed by atoms with Crippen molar-refractivity contribution in [3.05, 3.63) is 88.9 Å². The van der Waals surface area contributed by atoms with Gasteiger partial charge in [-0.3, -0.25) is 9.88 Å². The van der Waals surface area contributed by atoms with Gasteiger partial charge in [0.2, 0.25) is 0 Å². The summed E-state index contributed by atoms with van der Waals surface area (Å²) < 4.78 is 5.36. The van der Waals surface area contributed by atoms with Crippen molar-refractivity contribution in [2.24, 2.45) is 0 Å². The van der Waals surface area contributed by atoms with E-state index in [1.807, 2.05) is 24.3 Å². The largest absolute Gasteiger partial charge is 0.417 e. The van der Waals surface area contributed by atoms with Crippen LogP contribution in [0.5, 0.6) is 0 Å². The summed E-state index contributed by atoms with van der Waals surface area (Å²) >= 11 is 0. The normalized spacial score (nSPS) is 14.3. The highest BCUT2D eigenvalue weighted by atomic mass is 16.4. The summed E-state index contributed by atoms with van der Waals surface area (Å²) in [4.78, 5) is 19.1. The number of aromatic nitrogens is 1. The second-order valence-corrected chi connectivity index (χ2v) is 7.50. The summed E-state index contributed by atoms with van der Waals surface area (Å²) in [5, 5.41) is 7.00. The third-order valence-corrected chi connectivity index (χ3v) is 5.58. The molecule has 0 unspecified atom stereocenters. The number of oxazole rings is 1. The number of aromatic amines is 1. The third-order valence-electron chi connectivity index (χ3n) is 5.58. The fraction of sp³-hybridized carbons (Fsp3) is 0.240. The predicted octanol–water partition coefficient (Wildman–Crippen LogP) is 3.72. The van der Waals surface area contributed by atoms with Crippen molar-refractivity contribution in [2.75, 3.05) is 38.2 Å². The predicted molar refractivity (Wildman–Crippen MR) is 124 cm³/mol. The number of hydrogen-bond donors (Lipinski definition) is 2. The first-order valence-corrected chi connectivity index (χ1v) is 10.4. The molecule has 2 heterocycles. The van der Waals surface area contributed by atoms with Gasteiger partial charge >= 0.3 is 5.76 Å². The van der Waals surface area contributed by atoms with E-state index in [0.29, 0.717) is 5.58 Å². The molecule has 1 fully saturated rings. The third kappa shape index (κ3) is 4.71. The van der Waals surface area contributed by atoms with E-state index in [9.17, 15) is 4.79 Å². The quantitative estimate of drug-likeness (QED) is 0.530. The number of piperazine rings is 1. The van der Waals surface area contributed by atoms with E-state index in [0.717, 1.165) is 51.0 Å². The number of aliphatic hydroxyl groups is 1. The highest BCUT2D eigenvalue weighted by Crippen LogP contribution is 2.26. The number of fused-ring (bicyclic) bond motifs is 1. The van der Waals surface area contributed by atoms with Crippen molar-refractivity contribution < 1.29 is 9.52 Å². The van der Waals surface area contributed by atoms with Gasteiger partial charge in [-0.05, 0) is 34.9 Å². The van der Waals surface area contributed by atoms with Crippen molar-refractivity contribution in [1.82, 2.24) is 9.88 Å². The minimum Gasteiger partial charge on any atom is -0.406 e. The van der Waals surface area contributed by atoms with E-state index in [4.69, 9.17) is 9.52 Å². The van der Waals surface area contributed by atoms with Crippen molar-refractivity contribution in [3.8, 4) is 11.1 Å². The molecule has 1 aliphatic heterocycles. The molecular formula is C25H27N3O3. The lowest BCUT2D eigenvalue weighted by Gasteiger charge is -2.36. The number of anilines is 1. The number of nitrogens with one attached hydrogen (secondary N) is 1. The van der Waals surface area contributed by atoms with Crippen LogP contribution in [0.1, 0.15) is 5.56 Å². The Balaban J connectivity index is 0.00000112. The first-order valence-electron chi connectivity index (χ1n) is 10.4. The Morgan fingerprint density at radius 2 is 1.58 bits per heavy atom. The number of H-pyrrole nitrogens is 1. The van der Waals surface area contributed by atoms with Gasteiger partial charge in [0.15, 0.2) is 5.58 Å². The van der Waals surface area contributed by atoms with Crippen molar-refractivity contribution in [2.45, 2.75) is 6.54 Å². The van der Waals surface area contributed by atoms with Crippen LogP contribution in [0.2, 0.25) is 0 Å². The van der Waals surface area contributed by atoms with Crippen LogP contribution in [0.25, 0.3) is 22.2 Å². The molecule has 5 rings (SSSR count). The molecule has 3 aromatic carbocycles. The van der Waals surface area contributed by atoms with E-state index >= 15 is 0 Å². The van der Waals surface area contributed by atoms with E-state index in [-0.39, 0.29) is 0 Å². The van der Waals surface area contributed by atoms with Crippen LogP contribution in [0, 0.1) is 0 Å². The monoisotopic (exact) mass is 417 g/mol. The highest BCUT2D eigenvalue weighted by Gasteiger charge is 2.20. The molecule has 0 atom stereocenters. The zero-order chi connectivity index (χ0) is 21.6. The summed E-state index contributed by atoms with van der Waals surface area (Å²) in [5.74, 6) is -0.399. The number of para-hydroxylation sites is 1. The lowest BCUT2D eigenvalue weighted by Crippen LogP contribution is -2.46. The van der Waals surface area contributed by atoms with Crippen molar-refractivity contribution in [3.63, 3.8) is 0 Å². The molecule has 2 N–H and O–H groups in total. The second kappa shape index (κ2) is 9.64. The van der Waals surface area contributed by atoms with E-state index < -0.39 is 5.76 Å². The summed E-state index contributed by atoms with van der Waals surface area (Å²) in [6.45, 7) is 4.71. The van der Waals surface area contributed by atoms with Crippen LogP contribution >= 0.6 is 0 Å². The maximum absolute atomic E-state index is 11.6. The van der Waals surface area contributed by atoms with Gasteiger partial charge in [-0.15, -0.1) is 0 Å². The fourth-order valence-electron chi connectivity index (χ4n) is 4.09. The van der Waals surface area contributed by atoms with Gasteiger partial charge in [0, 0.05) is 39.8 Å².